The van der Waals surface area contributed by atoms with Gasteiger partial charge < -0.3 is 38.2 Å². The summed E-state index contributed by atoms with van der Waals surface area (Å²) in [5.41, 5.74) is 13.8. The Morgan fingerprint density at radius 2 is 0.630 bits per heavy atom. The lowest BCUT2D eigenvalue weighted by Crippen LogP contribution is -2.20. The maximum Gasteiger partial charge on any atom is 0.346 e. The Balaban J connectivity index is 0.911. The van der Waals surface area contributed by atoms with Gasteiger partial charge in [0, 0.05) is 36.5 Å². The second-order valence-corrected chi connectivity index (χ2v) is 26.0. The summed E-state index contributed by atoms with van der Waals surface area (Å²) in [6.45, 7) is 15.4. The lowest BCUT2D eigenvalue weighted by Gasteiger charge is -2.33. The van der Waals surface area contributed by atoms with Gasteiger partial charge >= 0.3 is 11.9 Å². The maximum atomic E-state index is 14.3. The number of benzene rings is 8. The number of carbonyl (C=O) groups is 2. The van der Waals surface area contributed by atoms with Gasteiger partial charge in [-0.2, -0.15) is 0 Å². The third kappa shape index (κ3) is 15.2. The van der Waals surface area contributed by atoms with Crippen molar-refractivity contribution in [3.63, 3.8) is 0 Å². The Kier molecular flexibility index (Phi) is 22.8. The molecule has 0 bridgehead atoms. The zero-order chi connectivity index (χ0) is 63.8. The molecule has 0 saturated carbocycles. The Bertz CT molecular complexity index is 3500. The standard InChI is InChI=1S/C80H88N2O8S2/c1-7-13-17-21-45-87-61-35-41-69-73(51-61)91-74-52-62(88-46-22-18-14-8-2)36-42-70(74)81(69)59-31-25-55(26-32-59)57-29-39-65-66-40-30-58(50-68(66)77(67(65)49-57)78(79(83)85-11-5)80(84)86-12-6)56-27-33-60(34-28-56)82-71-43-37-63(89-47-23-19-15-9-3)53-75(71)92-76-54-64(38-44-72(76)82)90-48-24-20-16-10-4/h25-44,49-54H,7-24,45-48H2,1-6H3. The van der Waals surface area contributed by atoms with Crippen molar-refractivity contribution in [2.24, 2.45) is 0 Å². The third-order valence-corrected chi connectivity index (χ3v) is 19.4. The molecule has 3 aliphatic rings. The van der Waals surface area contributed by atoms with Crippen LogP contribution in [0.1, 0.15) is 155 Å². The number of anilines is 6. The number of unbranched alkanes of at least 4 members (excludes halogenated alkanes) is 12. The molecule has 12 heteroatoms. The topological polar surface area (TPSA) is 96.0 Å². The zero-order valence-corrected chi connectivity index (χ0v) is 56.2. The fraction of sp³-hybridized carbons (Fsp3) is 0.350. The number of nitrogens with zero attached hydrogens (tertiary/aromatic N) is 2. The smallest absolute Gasteiger partial charge is 0.346 e. The molecule has 2 aliphatic heterocycles. The summed E-state index contributed by atoms with van der Waals surface area (Å²) in [6.07, 6.45) is 18.3. The molecule has 11 rings (SSSR count). The third-order valence-electron chi connectivity index (χ3n) is 17.2. The van der Waals surface area contributed by atoms with Gasteiger partial charge in [-0.1, -0.05) is 177 Å². The molecule has 0 aromatic heterocycles. The Morgan fingerprint density at radius 3 is 0.924 bits per heavy atom. The molecule has 92 heavy (non-hydrogen) atoms. The first-order valence-corrected chi connectivity index (χ1v) is 35.5. The van der Waals surface area contributed by atoms with Crippen LogP contribution in [0.15, 0.2) is 183 Å². The summed E-state index contributed by atoms with van der Waals surface area (Å²) in [5.74, 6) is 2.03. The Hall–Kier alpha value is -8.06. The molecule has 8 aromatic carbocycles. The van der Waals surface area contributed by atoms with E-state index in [1.165, 1.54) is 51.4 Å². The summed E-state index contributed by atoms with van der Waals surface area (Å²) in [6, 6.07) is 55.6. The lowest BCUT2D eigenvalue weighted by atomic mass is 9.93. The highest BCUT2D eigenvalue weighted by atomic mass is 32.2. The SMILES string of the molecule is CCCCCCOc1ccc2c(c1)Sc1cc(OCCCCCC)ccc1N2c1ccc(-c2ccc3c(c2)C(=C(C(=O)OCC)C(=O)OCC)c2cc(-c4ccc(N5c6ccc(OCCCCCC)cc6Sc6cc(OCCCCCC)ccc65)cc4)ccc2-3)cc1. The normalized spacial score (nSPS) is 12.5. The van der Waals surface area contributed by atoms with Gasteiger partial charge in [0.25, 0.3) is 0 Å². The minimum atomic E-state index is -0.725. The van der Waals surface area contributed by atoms with Gasteiger partial charge in [-0.15, -0.1) is 0 Å². The van der Waals surface area contributed by atoms with Gasteiger partial charge in [-0.3, -0.25) is 0 Å². The van der Waals surface area contributed by atoms with Crippen molar-refractivity contribution < 1.29 is 38.0 Å². The zero-order valence-electron chi connectivity index (χ0n) is 54.5. The molecule has 0 amide bonds. The Labute approximate surface area is 554 Å². The molecular weight excluding hydrogens is 1180 g/mol. The van der Waals surface area contributed by atoms with Gasteiger partial charge in [0.1, 0.15) is 23.0 Å². The van der Waals surface area contributed by atoms with E-state index in [4.69, 9.17) is 28.4 Å². The number of esters is 2. The van der Waals surface area contributed by atoms with E-state index in [-0.39, 0.29) is 18.8 Å². The van der Waals surface area contributed by atoms with Gasteiger partial charge in [0.2, 0.25) is 0 Å². The summed E-state index contributed by atoms with van der Waals surface area (Å²) in [4.78, 5) is 37.7. The lowest BCUT2D eigenvalue weighted by molar-refractivity contribution is -0.146. The van der Waals surface area contributed by atoms with Crippen molar-refractivity contribution in [1.29, 1.82) is 0 Å². The van der Waals surface area contributed by atoms with Gasteiger partial charge in [0.05, 0.1) is 62.4 Å². The van der Waals surface area contributed by atoms with Crippen LogP contribution in [0, 0.1) is 0 Å². The van der Waals surface area contributed by atoms with Crippen LogP contribution in [0.4, 0.5) is 34.1 Å². The summed E-state index contributed by atoms with van der Waals surface area (Å²) in [7, 11) is 0. The monoisotopic (exact) mass is 1270 g/mol. The largest absolute Gasteiger partial charge is 0.494 e. The van der Waals surface area contributed by atoms with E-state index in [9.17, 15) is 9.59 Å². The second kappa shape index (κ2) is 32.0. The predicted molar refractivity (Wildman–Crippen MR) is 378 cm³/mol. The van der Waals surface area contributed by atoms with E-state index >= 15 is 0 Å². The highest BCUT2D eigenvalue weighted by molar-refractivity contribution is 8.00. The summed E-state index contributed by atoms with van der Waals surface area (Å²) < 4.78 is 36.7. The van der Waals surface area contributed by atoms with Crippen molar-refractivity contribution in [1.82, 2.24) is 0 Å². The van der Waals surface area contributed by atoms with Crippen molar-refractivity contribution in [2.75, 3.05) is 49.4 Å². The minimum Gasteiger partial charge on any atom is -0.494 e. The molecule has 2 heterocycles. The number of hydrogen-bond acceptors (Lipinski definition) is 12. The highest BCUT2D eigenvalue weighted by Gasteiger charge is 2.35. The molecule has 1 aliphatic carbocycles. The molecule has 0 fully saturated rings. The number of ether oxygens (including phenoxy) is 6. The molecule has 0 atom stereocenters. The first kappa shape index (κ1) is 65.4. The van der Waals surface area contributed by atoms with E-state index in [1.54, 1.807) is 37.4 Å². The number of rotatable bonds is 32. The average molecular weight is 1270 g/mol. The van der Waals surface area contributed by atoms with Crippen molar-refractivity contribution in [3.05, 3.63) is 174 Å². The predicted octanol–water partition coefficient (Wildman–Crippen LogP) is 22.6. The van der Waals surface area contributed by atoms with Crippen molar-refractivity contribution >= 4 is 75.2 Å². The minimum absolute atomic E-state index is 0.0904. The van der Waals surface area contributed by atoms with Crippen LogP contribution in [-0.4, -0.2) is 51.6 Å². The van der Waals surface area contributed by atoms with E-state index in [2.05, 4.69) is 195 Å². The first-order valence-electron chi connectivity index (χ1n) is 33.8. The first-order chi connectivity index (χ1) is 45.2. The molecule has 8 aromatic rings. The quantitative estimate of drug-likeness (QED) is 0.0132. The molecule has 0 saturated heterocycles. The van der Waals surface area contributed by atoms with E-state index in [0.29, 0.717) is 32.0 Å². The Morgan fingerprint density at radius 1 is 0.326 bits per heavy atom. The van der Waals surface area contributed by atoms with Crippen molar-refractivity contribution in [2.45, 2.75) is 164 Å². The van der Waals surface area contributed by atoms with E-state index in [1.807, 2.05) is 0 Å². The highest BCUT2D eigenvalue weighted by Crippen LogP contribution is 2.56. The average Bonchev–Trinajstić information content (AvgIpc) is 1.46. The van der Waals surface area contributed by atoms with Crippen LogP contribution in [0.3, 0.4) is 0 Å². The van der Waals surface area contributed by atoms with Crippen LogP contribution in [-0.2, 0) is 19.1 Å². The van der Waals surface area contributed by atoms with Crippen LogP contribution >= 0.6 is 23.5 Å². The molecule has 0 radical (unpaired) electrons. The molecule has 0 N–H and O–H groups in total. The number of fused-ring (bicyclic) bond motifs is 7. The molecular formula is C80H88N2O8S2. The van der Waals surface area contributed by atoms with Crippen LogP contribution in [0.25, 0.3) is 39.0 Å². The number of carbonyl (C=O) groups excluding carboxylic acids is 2. The maximum absolute atomic E-state index is 14.3. The van der Waals surface area contributed by atoms with Crippen LogP contribution in [0.5, 0.6) is 23.0 Å². The van der Waals surface area contributed by atoms with E-state index < -0.39 is 11.9 Å². The summed E-state index contributed by atoms with van der Waals surface area (Å²) in [5, 5.41) is 0. The molecule has 10 nitrogen and oxygen atoms in total. The fourth-order valence-electron chi connectivity index (χ4n) is 12.4. The summed E-state index contributed by atoms with van der Waals surface area (Å²) >= 11 is 3.50. The second-order valence-electron chi connectivity index (χ2n) is 23.8. The van der Waals surface area contributed by atoms with Crippen LogP contribution in [0.2, 0.25) is 0 Å². The molecule has 0 spiro atoms. The van der Waals surface area contributed by atoms with Gasteiger partial charge in [-0.05, 0) is 193 Å². The van der Waals surface area contributed by atoms with Crippen molar-refractivity contribution in [3.8, 4) is 56.4 Å². The van der Waals surface area contributed by atoms with Crippen LogP contribution < -0.4 is 28.7 Å². The fourth-order valence-corrected chi connectivity index (χ4v) is 14.6. The number of hydrogen-bond donors (Lipinski definition) is 0. The molecule has 0 unspecified atom stereocenters. The molecule has 478 valence electrons. The van der Waals surface area contributed by atoms with Gasteiger partial charge in [-0.25, -0.2) is 9.59 Å². The van der Waals surface area contributed by atoms with E-state index in [0.717, 1.165) is 173 Å². The van der Waals surface area contributed by atoms with Gasteiger partial charge in [0.15, 0.2) is 5.57 Å².